The van der Waals surface area contributed by atoms with Crippen LogP contribution in [0.1, 0.15) is 39.3 Å². The monoisotopic (exact) mass is 429 g/mol. The Morgan fingerprint density at radius 3 is 2.79 bits per heavy atom. The number of carbonyl (C=O) groups excluding carboxylic acids is 2. The lowest BCUT2D eigenvalue weighted by Gasteiger charge is -2.39. The van der Waals surface area contributed by atoms with Crippen molar-refractivity contribution < 1.29 is 9.59 Å². The zero-order chi connectivity index (χ0) is 20.6. The molecule has 7 heteroatoms. The van der Waals surface area contributed by atoms with Crippen molar-refractivity contribution in [3.8, 4) is 0 Å². The molecule has 5 nitrogen and oxygen atoms in total. The van der Waals surface area contributed by atoms with Gasteiger partial charge in [-0.3, -0.25) is 9.59 Å². The molecule has 0 radical (unpaired) electrons. The number of fused-ring (bicyclic) bond motifs is 1. The molecule has 2 heterocycles. The van der Waals surface area contributed by atoms with E-state index in [1.54, 1.807) is 18.2 Å². The molecule has 4 rings (SSSR count). The Morgan fingerprint density at radius 1 is 1.24 bits per heavy atom. The number of hydrogen-bond donors (Lipinski definition) is 2. The highest BCUT2D eigenvalue weighted by atomic mass is 35.5. The number of amides is 1. The van der Waals surface area contributed by atoms with Crippen LogP contribution in [0.15, 0.2) is 42.5 Å². The van der Waals surface area contributed by atoms with E-state index in [0.29, 0.717) is 27.8 Å². The van der Waals surface area contributed by atoms with Crippen LogP contribution >= 0.6 is 23.2 Å². The number of hydrogen-bond acceptors (Lipinski definition) is 3. The highest BCUT2D eigenvalue weighted by Gasteiger charge is 2.36. The van der Waals surface area contributed by atoms with E-state index in [-0.39, 0.29) is 5.91 Å². The van der Waals surface area contributed by atoms with E-state index in [0.717, 1.165) is 42.1 Å². The van der Waals surface area contributed by atoms with Crippen LogP contribution in [0.4, 0.5) is 0 Å². The van der Waals surface area contributed by atoms with Gasteiger partial charge >= 0.3 is 0 Å². The first-order valence-corrected chi connectivity index (χ1v) is 10.2. The average molecular weight is 430 g/mol. The van der Waals surface area contributed by atoms with Crippen molar-refractivity contribution >= 4 is 46.3 Å². The van der Waals surface area contributed by atoms with Gasteiger partial charge in [0, 0.05) is 30.1 Å². The Hall–Kier alpha value is -2.34. The Balaban J connectivity index is 1.74. The van der Waals surface area contributed by atoms with Gasteiger partial charge in [0.1, 0.15) is 12.0 Å². The predicted molar refractivity (Wildman–Crippen MR) is 116 cm³/mol. The molecule has 2 aromatic carbocycles. The molecule has 1 fully saturated rings. The van der Waals surface area contributed by atoms with Gasteiger partial charge in [0.2, 0.25) is 0 Å². The van der Waals surface area contributed by atoms with E-state index in [1.807, 2.05) is 35.9 Å². The molecule has 1 aliphatic heterocycles. The van der Waals surface area contributed by atoms with E-state index in [1.165, 1.54) is 0 Å². The predicted octanol–water partition coefficient (Wildman–Crippen LogP) is 4.31. The van der Waals surface area contributed by atoms with E-state index in [2.05, 4.69) is 10.6 Å². The van der Waals surface area contributed by atoms with E-state index >= 15 is 0 Å². The number of piperidine rings is 1. The molecule has 1 atom stereocenters. The number of aryl methyl sites for hydroxylation is 1. The van der Waals surface area contributed by atoms with Crippen molar-refractivity contribution in [1.29, 1.82) is 0 Å². The number of aldehydes is 1. The fraction of sp³-hybridized carbons (Fsp3) is 0.273. The van der Waals surface area contributed by atoms with Crippen LogP contribution in [-0.4, -0.2) is 29.8 Å². The number of carbonyl (C=O) groups is 2. The Bertz CT molecular complexity index is 1100. The summed E-state index contributed by atoms with van der Waals surface area (Å²) in [6, 6.07) is 12.8. The first kappa shape index (κ1) is 20.0. The fourth-order valence-electron chi connectivity index (χ4n) is 4.09. The van der Waals surface area contributed by atoms with Crippen LogP contribution in [0.25, 0.3) is 10.9 Å². The van der Waals surface area contributed by atoms with Crippen molar-refractivity contribution in [1.82, 2.24) is 15.2 Å². The first-order valence-electron chi connectivity index (χ1n) is 9.47. The van der Waals surface area contributed by atoms with Crippen LogP contribution in [0, 0.1) is 0 Å². The largest absolute Gasteiger partial charge is 0.340 e. The molecule has 0 aliphatic carbocycles. The maximum atomic E-state index is 13.3. The number of rotatable bonds is 4. The summed E-state index contributed by atoms with van der Waals surface area (Å²) >= 11 is 12.5. The van der Waals surface area contributed by atoms with Crippen LogP contribution in [0.2, 0.25) is 10.0 Å². The molecule has 1 saturated heterocycles. The van der Waals surface area contributed by atoms with Gasteiger partial charge in [-0.15, -0.1) is 0 Å². The minimum absolute atomic E-state index is 0.198. The molecule has 0 saturated carbocycles. The molecule has 0 bridgehead atoms. The van der Waals surface area contributed by atoms with Gasteiger partial charge in [0.15, 0.2) is 0 Å². The third-order valence-electron chi connectivity index (χ3n) is 5.66. The standard InChI is InChI=1S/C22H21Cl2N3O2/c1-27-18-7-6-17(23)20(24)16(18)11-19(27)21(29)26-22(8-3-9-25-13-22)15-5-2-4-14(10-15)12-28/h2,4-7,10-12,25H,3,8-9,13H2,1H3,(H,26,29). The summed E-state index contributed by atoms with van der Waals surface area (Å²) in [5.74, 6) is -0.198. The Labute approximate surface area is 179 Å². The lowest BCUT2D eigenvalue weighted by atomic mass is 9.82. The zero-order valence-electron chi connectivity index (χ0n) is 16.0. The SMILES string of the molecule is Cn1c(C(=O)NC2(c3cccc(C=O)c3)CCCNC2)cc2c(Cl)c(Cl)ccc21. The molecule has 0 spiro atoms. The minimum atomic E-state index is -0.591. The summed E-state index contributed by atoms with van der Waals surface area (Å²) in [7, 11) is 1.83. The molecule has 1 aromatic heterocycles. The van der Waals surface area contributed by atoms with Gasteiger partial charge < -0.3 is 15.2 Å². The van der Waals surface area contributed by atoms with Crippen molar-refractivity contribution in [3.05, 3.63) is 69.3 Å². The minimum Gasteiger partial charge on any atom is -0.340 e. The van der Waals surface area contributed by atoms with Crippen LogP contribution in [0.5, 0.6) is 0 Å². The smallest absolute Gasteiger partial charge is 0.268 e. The third kappa shape index (κ3) is 3.54. The average Bonchev–Trinajstić information content (AvgIpc) is 3.09. The Kier molecular flexibility index (Phi) is 5.38. The molecule has 2 N–H and O–H groups in total. The molecule has 29 heavy (non-hydrogen) atoms. The third-order valence-corrected chi connectivity index (χ3v) is 6.48. The molecular weight excluding hydrogens is 409 g/mol. The zero-order valence-corrected chi connectivity index (χ0v) is 17.5. The van der Waals surface area contributed by atoms with Gasteiger partial charge in [-0.1, -0.05) is 41.4 Å². The van der Waals surface area contributed by atoms with Gasteiger partial charge in [0.05, 0.1) is 15.6 Å². The van der Waals surface area contributed by atoms with E-state index in [9.17, 15) is 9.59 Å². The maximum absolute atomic E-state index is 13.3. The summed E-state index contributed by atoms with van der Waals surface area (Å²) < 4.78 is 1.82. The summed E-state index contributed by atoms with van der Waals surface area (Å²) in [6.07, 6.45) is 2.53. The van der Waals surface area contributed by atoms with Crippen LogP contribution in [0.3, 0.4) is 0 Å². The molecular formula is C22H21Cl2N3O2. The number of halogens is 2. The molecule has 1 aliphatic rings. The second-order valence-electron chi connectivity index (χ2n) is 7.44. The molecule has 150 valence electrons. The van der Waals surface area contributed by atoms with E-state index < -0.39 is 5.54 Å². The van der Waals surface area contributed by atoms with Crippen molar-refractivity contribution in [3.63, 3.8) is 0 Å². The highest BCUT2D eigenvalue weighted by molar-refractivity contribution is 6.45. The normalized spacial score (nSPS) is 19.3. The first-order chi connectivity index (χ1) is 13.9. The number of nitrogens with one attached hydrogen (secondary N) is 2. The lowest BCUT2D eigenvalue weighted by molar-refractivity contribution is 0.0868. The Morgan fingerprint density at radius 2 is 2.07 bits per heavy atom. The quantitative estimate of drug-likeness (QED) is 0.607. The summed E-state index contributed by atoms with van der Waals surface area (Å²) in [4.78, 5) is 24.6. The van der Waals surface area contributed by atoms with Crippen LogP contribution < -0.4 is 10.6 Å². The number of benzene rings is 2. The van der Waals surface area contributed by atoms with Gasteiger partial charge in [0.25, 0.3) is 5.91 Å². The lowest BCUT2D eigenvalue weighted by Crippen LogP contribution is -2.55. The second kappa shape index (κ2) is 7.82. The van der Waals surface area contributed by atoms with Crippen molar-refractivity contribution in [2.45, 2.75) is 18.4 Å². The summed E-state index contributed by atoms with van der Waals surface area (Å²) in [6.45, 7) is 1.49. The van der Waals surface area contributed by atoms with Gasteiger partial charge in [-0.05, 0) is 49.2 Å². The number of aromatic nitrogens is 1. The second-order valence-corrected chi connectivity index (χ2v) is 8.23. The van der Waals surface area contributed by atoms with Crippen molar-refractivity contribution in [2.24, 2.45) is 7.05 Å². The summed E-state index contributed by atoms with van der Waals surface area (Å²) in [5, 5.41) is 8.25. The highest BCUT2D eigenvalue weighted by Crippen LogP contribution is 2.34. The topological polar surface area (TPSA) is 63.1 Å². The molecule has 1 amide bonds. The van der Waals surface area contributed by atoms with Gasteiger partial charge in [-0.2, -0.15) is 0 Å². The van der Waals surface area contributed by atoms with Crippen molar-refractivity contribution in [2.75, 3.05) is 13.1 Å². The summed E-state index contributed by atoms with van der Waals surface area (Å²) in [5.41, 5.74) is 2.26. The molecule has 1 unspecified atom stereocenters. The van der Waals surface area contributed by atoms with Crippen LogP contribution in [-0.2, 0) is 12.6 Å². The maximum Gasteiger partial charge on any atom is 0.268 e. The number of nitrogens with zero attached hydrogens (tertiary/aromatic N) is 1. The fourth-order valence-corrected chi connectivity index (χ4v) is 4.47. The van der Waals surface area contributed by atoms with Gasteiger partial charge in [-0.25, -0.2) is 0 Å². The molecule has 3 aromatic rings. The van der Waals surface area contributed by atoms with E-state index in [4.69, 9.17) is 23.2 Å².